The second-order valence-corrected chi connectivity index (χ2v) is 5.59. The third kappa shape index (κ3) is 3.44. The molecule has 0 spiro atoms. The number of nitrogens with zero attached hydrogens (tertiary/aromatic N) is 1. The first kappa shape index (κ1) is 15.1. The number of nitrogens with one attached hydrogen (secondary N) is 2. The summed E-state index contributed by atoms with van der Waals surface area (Å²) in [7, 11) is 3.61. The zero-order valence-electron chi connectivity index (χ0n) is 12.1. The molecule has 0 atom stereocenters. The van der Waals surface area contributed by atoms with Gasteiger partial charge in [-0.1, -0.05) is 17.7 Å². The molecular weight excluding hydrogens is 274 g/mol. The largest absolute Gasteiger partial charge is 0.371 e. The number of amides is 1. The van der Waals surface area contributed by atoms with E-state index in [1.54, 1.807) is 7.05 Å². The molecule has 1 aromatic rings. The molecule has 0 bridgehead atoms. The van der Waals surface area contributed by atoms with Crippen LogP contribution in [0.5, 0.6) is 0 Å². The lowest BCUT2D eigenvalue weighted by molar-refractivity contribution is -0.125. The summed E-state index contributed by atoms with van der Waals surface area (Å²) in [5.41, 5.74) is 2.25. The molecule has 1 saturated heterocycles. The first-order valence-electron chi connectivity index (χ1n) is 7.05. The number of carbonyl (C=O) groups excluding carboxylic acids is 1. The minimum absolute atomic E-state index is 0.148. The van der Waals surface area contributed by atoms with Crippen LogP contribution < -0.4 is 15.5 Å². The fourth-order valence-corrected chi connectivity index (χ4v) is 2.91. The van der Waals surface area contributed by atoms with Crippen molar-refractivity contribution < 1.29 is 4.79 Å². The molecule has 20 heavy (non-hydrogen) atoms. The van der Waals surface area contributed by atoms with Gasteiger partial charge >= 0.3 is 0 Å². The Morgan fingerprint density at radius 1 is 1.35 bits per heavy atom. The van der Waals surface area contributed by atoms with E-state index in [0.717, 1.165) is 48.7 Å². The van der Waals surface area contributed by atoms with Crippen molar-refractivity contribution in [3.8, 4) is 0 Å². The number of benzene rings is 1. The third-order valence-electron chi connectivity index (χ3n) is 3.88. The van der Waals surface area contributed by atoms with E-state index >= 15 is 0 Å². The van der Waals surface area contributed by atoms with Crippen LogP contribution in [0.15, 0.2) is 18.2 Å². The van der Waals surface area contributed by atoms with Crippen LogP contribution in [0.4, 0.5) is 5.69 Å². The minimum Gasteiger partial charge on any atom is -0.371 e. The molecule has 1 fully saturated rings. The van der Waals surface area contributed by atoms with Gasteiger partial charge in [0.25, 0.3) is 0 Å². The number of piperidine rings is 1. The lowest BCUT2D eigenvalue weighted by atomic mass is 9.95. The Labute approximate surface area is 125 Å². The molecule has 5 heteroatoms. The van der Waals surface area contributed by atoms with E-state index < -0.39 is 0 Å². The molecule has 0 aliphatic carbocycles. The van der Waals surface area contributed by atoms with Gasteiger partial charge in [-0.3, -0.25) is 4.79 Å². The molecule has 1 amide bonds. The second kappa shape index (κ2) is 6.95. The number of carbonyl (C=O) groups is 1. The van der Waals surface area contributed by atoms with Crippen molar-refractivity contribution in [1.82, 2.24) is 10.6 Å². The van der Waals surface area contributed by atoms with Gasteiger partial charge in [0.1, 0.15) is 0 Å². The van der Waals surface area contributed by atoms with Gasteiger partial charge in [0.2, 0.25) is 5.91 Å². The molecule has 1 aromatic carbocycles. The maximum atomic E-state index is 11.6. The summed E-state index contributed by atoms with van der Waals surface area (Å²) in [6, 6.07) is 6.20. The number of hydrogen-bond donors (Lipinski definition) is 2. The molecule has 2 rings (SSSR count). The molecule has 2 N–H and O–H groups in total. The van der Waals surface area contributed by atoms with E-state index in [4.69, 9.17) is 11.6 Å². The van der Waals surface area contributed by atoms with Crippen LogP contribution >= 0.6 is 11.6 Å². The third-order valence-corrected chi connectivity index (χ3v) is 4.23. The Morgan fingerprint density at radius 2 is 2.05 bits per heavy atom. The highest BCUT2D eigenvalue weighted by Gasteiger charge is 2.24. The van der Waals surface area contributed by atoms with Gasteiger partial charge in [0.05, 0.1) is 0 Å². The van der Waals surface area contributed by atoms with Gasteiger partial charge in [-0.2, -0.15) is 0 Å². The Hall–Kier alpha value is -1.26. The van der Waals surface area contributed by atoms with Crippen LogP contribution in [0, 0.1) is 5.92 Å². The smallest absolute Gasteiger partial charge is 0.222 e. The lowest BCUT2D eigenvalue weighted by Crippen LogP contribution is -2.39. The topological polar surface area (TPSA) is 44.4 Å². The molecule has 0 aromatic heterocycles. The van der Waals surface area contributed by atoms with Crippen LogP contribution in [0.25, 0.3) is 0 Å². The van der Waals surface area contributed by atoms with Crippen molar-refractivity contribution >= 4 is 23.2 Å². The summed E-state index contributed by atoms with van der Waals surface area (Å²) in [6.07, 6.45) is 1.80. The number of anilines is 1. The van der Waals surface area contributed by atoms with E-state index in [1.807, 2.05) is 13.1 Å². The van der Waals surface area contributed by atoms with Gasteiger partial charge in [-0.05, 0) is 37.6 Å². The second-order valence-electron chi connectivity index (χ2n) is 5.18. The quantitative estimate of drug-likeness (QED) is 0.893. The van der Waals surface area contributed by atoms with E-state index in [1.165, 1.54) is 0 Å². The summed E-state index contributed by atoms with van der Waals surface area (Å²) in [5.74, 6) is 0.308. The lowest BCUT2D eigenvalue weighted by Gasteiger charge is -2.33. The first-order chi connectivity index (χ1) is 9.65. The van der Waals surface area contributed by atoms with Crippen LogP contribution in [-0.4, -0.2) is 33.1 Å². The van der Waals surface area contributed by atoms with Crippen molar-refractivity contribution in [2.24, 2.45) is 5.92 Å². The predicted octanol–water partition coefficient (Wildman–Crippen LogP) is 2.02. The monoisotopic (exact) mass is 295 g/mol. The molecule has 1 aliphatic rings. The fraction of sp³-hybridized carbons (Fsp3) is 0.533. The molecule has 1 heterocycles. The molecule has 0 saturated carbocycles. The van der Waals surface area contributed by atoms with Crippen LogP contribution in [0.1, 0.15) is 18.4 Å². The fourth-order valence-electron chi connectivity index (χ4n) is 2.67. The van der Waals surface area contributed by atoms with Crippen LogP contribution in [0.2, 0.25) is 5.02 Å². The van der Waals surface area contributed by atoms with E-state index in [2.05, 4.69) is 27.7 Å². The molecular formula is C15H22ClN3O. The average molecular weight is 296 g/mol. The Kier molecular flexibility index (Phi) is 5.26. The molecule has 0 radical (unpaired) electrons. The maximum absolute atomic E-state index is 11.6. The van der Waals surface area contributed by atoms with E-state index in [0.29, 0.717) is 0 Å². The minimum atomic E-state index is 0.148. The zero-order valence-corrected chi connectivity index (χ0v) is 12.8. The van der Waals surface area contributed by atoms with Crippen LogP contribution in [-0.2, 0) is 11.3 Å². The summed E-state index contributed by atoms with van der Waals surface area (Å²) in [4.78, 5) is 13.9. The molecule has 1 aliphatic heterocycles. The van der Waals surface area contributed by atoms with Crippen molar-refractivity contribution in [3.63, 3.8) is 0 Å². The predicted molar refractivity (Wildman–Crippen MR) is 83.2 cm³/mol. The van der Waals surface area contributed by atoms with Crippen molar-refractivity contribution in [2.45, 2.75) is 19.4 Å². The Morgan fingerprint density at radius 3 is 2.60 bits per heavy atom. The van der Waals surface area contributed by atoms with Gasteiger partial charge in [0, 0.05) is 43.3 Å². The molecule has 4 nitrogen and oxygen atoms in total. The Balaban J connectivity index is 2.00. The SMILES string of the molecule is CNCc1ccc(N2CCC(C(=O)NC)CC2)cc1Cl. The van der Waals surface area contributed by atoms with Gasteiger partial charge in [0.15, 0.2) is 0 Å². The zero-order chi connectivity index (χ0) is 14.5. The van der Waals surface area contributed by atoms with Crippen LogP contribution in [0.3, 0.4) is 0 Å². The normalized spacial score (nSPS) is 16.2. The van der Waals surface area contributed by atoms with Gasteiger partial charge in [-0.25, -0.2) is 0 Å². The average Bonchev–Trinajstić information content (AvgIpc) is 2.49. The van der Waals surface area contributed by atoms with Crippen molar-refractivity contribution in [1.29, 1.82) is 0 Å². The highest BCUT2D eigenvalue weighted by Crippen LogP contribution is 2.27. The summed E-state index contributed by atoms with van der Waals surface area (Å²) in [6.45, 7) is 2.58. The summed E-state index contributed by atoms with van der Waals surface area (Å²) >= 11 is 6.30. The number of hydrogen-bond acceptors (Lipinski definition) is 3. The number of rotatable bonds is 4. The van der Waals surface area contributed by atoms with Gasteiger partial charge < -0.3 is 15.5 Å². The van der Waals surface area contributed by atoms with Gasteiger partial charge in [-0.15, -0.1) is 0 Å². The van der Waals surface area contributed by atoms with E-state index in [-0.39, 0.29) is 11.8 Å². The number of halogens is 1. The summed E-state index contributed by atoms with van der Waals surface area (Å²) in [5, 5.41) is 6.64. The highest BCUT2D eigenvalue weighted by atomic mass is 35.5. The highest BCUT2D eigenvalue weighted by molar-refractivity contribution is 6.31. The van der Waals surface area contributed by atoms with Crippen molar-refractivity contribution in [2.75, 3.05) is 32.1 Å². The molecule has 110 valence electrons. The van der Waals surface area contributed by atoms with Crippen molar-refractivity contribution in [3.05, 3.63) is 28.8 Å². The Bertz CT molecular complexity index is 470. The molecule has 0 unspecified atom stereocenters. The van der Waals surface area contributed by atoms with E-state index in [9.17, 15) is 4.79 Å². The standard InChI is InChI=1S/C15H22ClN3O/c1-17-10-12-3-4-13(9-14(12)16)19-7-5-11(6-8-19)15(20)18-2/h3-4,9,11,17H,5-8,10H2,1-2H3,(H,18,20). The summed E-state index contributed by atoms with van der Waals surface area (Å²) < 4.78 is 0. The first-order valence-corrected chi connectivity index (χ1v) is 7.43. The maximum Gasteiger partial charge on any atom is 0.222 e.